The zero-order chi connectivity index (χ0) is 21.3. The van der Waals surface area contributed by atoms with Gasteiger partial charge in [-0.1, -0.05) is 45.8 Å². The summed E-state index contributed by atoms with van der Waals surface area (Å²) < 4.78 is 6.98. The Bertz CT molecular complexity index is 1130. The van der Waals surface area contributed by atoms with Crippen LogP contribution in [0.2, 0.25) is 0 Å². The molecule has 4 nitrogen and oxygen atoms in total. The molecule has 2 heterocycles. The average Bonchev–Trinajstić information content (AvgIpc) is 3.29. The summed E-state index contributed by atoms with van der Waals surface area (Å²) in [6, 6.07) is 19.7. The first kappa shape index (κ1) is 20.7. The molecule has 6 heteroatoms. The molecule has 152 valence electrons. The molecule has 3 aromatic rings. The molecule has 30 heavy (non-hydrogen) atoms. The Morgan fingerprint density at radius 3 is 2.40 bits per heavy atom. The van der Waals surface area contributed by atoms with Crippen LogP contribution in [-0.4, -0.2) is 22.0 Å². The highest BCUT2D eigenvalue weighted by Gasteiger charge is 2.35. The van der Waals surface area contributed by atoms with Gasteiger partial charge in [0.2, 0.25) is 0 Å². The van der Waals surface area contributed by atoms with Crippen molar-refractivity contribution in [2.75, 3.05) is 0 Å². The summed E-state index contributed by atoms with van der Waals surface area (Å²) >= 11 is 4.82. The zero-order valence-corrected chi connectivity index (χ0v) is 19.3. The number of nitrogens with zero attached hydrogens (tertiary/aromatic N) is 2. The molecule has 0 unspecified atom stereocenters. The molecule has 1 aliphatic heterocycles. The number of benzene rings is 2. The van der Waals surface area contributed by atoms with Gasteiger partial charge < -0.3 is 4.42 Å². The normalized spacial score (nSPS) is 17.0. The van der Waals surface area contributed by atoms with Crippen LogP contribution in [0.3, 0.4) is 0 Å². The van der Waals surface area contributed by atoms with Gasteiger partial charge in [-0.25, -0.2) is 4.99 Å². The quantitative estimate of drug-likeness (QED) is 0.376. The van der Waals surface area contributed by atoms with Crippen molar-refractivity contribution in [1.29, 1.82) is 0 Å². The third-order valence-corrected chi connectivity index (χ3v) is 6.15. The van der Waals surface area contributed by atoms with Crippen LogP contribution in [0.15, 0.2) is 79.5 Å². The Hall–Kier alpha value is -2.57. The maximum Gasteiger partial charge on any atom is 0.267 e. The molecule has 0 spiro atoms. The monoisotopic (exact) mass is 480 g/mol. The van der Waals surface area contributed by atoms with E-state index < -0.39 is 0 Å². The number of aliphatic imine (C=N–C) groups is 1. The smallest absolute Gasteiger partial charge is 0.267 e. The summed E-state index contributed by atoms with van der Waals surface area (Å²) in [5, 5.41) is 0.685. The van der Waals surface area contributed by atoms with Crippen LogP contribution < -0.4 is 0 Å². The van der Waals surface area contributed by atoms with E-state index in [1.165, 1.54) is 17.3 Å². The number of rotatable bonds is 4. The maximum absolute atomic E-state index is 13.0. The maximum atomic E-state index is 13.0. The average molecular weight is 481 g/mol. The number of hydrogen-bond donors (Lipinski definition) is 0. The van der Waals surface area contributed by atoms with Crippen molar-refractivity contribution in [1.82, 2.24) is 4.90 Å². The van der Waals surface area contributed by atoms with Crippen LogP contribution in [0.4, 0.5) is 5.69 Å². The Morgan fingerprint density at radius 2 is 1.73 bits per heavy atom. The number of furan rings is 1. The molecule has 1 amide bonds. The second-order valence-corrected chi connectivity index (χ2v) is 9.24. The van der Waals surface area contributed by atoms with E-state index in [0.717, 1.165) is 21.5 Å². The van der Waals surface area contributed by atoms with Crippen molar-refractivity contribution in [3.8, 4) is 11.3 Å². The summed E-state index contributed by atoms with van der Waals surface area (Å²) in [4.78, 5) is 20.1. The van der Waals surface area contributed by atoms with Crippen molar-refractivity contribution in [3.05, 3.63) is 81.4 Å². The number of hydrogen-bond acceptors (Lipinski definition) is 4. The number of amidine groups is 1. The van der Waals surface area contributed by atoms with Gasteiger partial charge >= 0.3 is 0 Å². The lowest BCUT2D eigenvalue weighted by Gasteiger charge is -2.19. The minimum absolute atomic E-state index is 0.00928. The number of carbonyl (C=O) groups excluding carboxylic acids is 1. The van der Waals surface area contributed by atoms with Gasteiger partial charge in [0.05, 0.1) is 10.6 Å². The minimum atomic E-state index is -0.0533. The van der Waals surface area contributed by atoms with E-state index in [1.807, 2.05) is 81.4 Å². The van der Waals surface area contributed by atoms with Crippen LogP contribution in [-0.2, 0) is 4.79 Å². The van der Waals surface area contributed by atoms with E-state index in [2.05, 4.69) is 15.9 Å². The fourth-order valence-electron chi connectivity index (χ4n) is 3.08. The highest BCUT2D eigenvalue weighted by Crippen LogP contribution is 2.36. The summed E-state index contributed by atoms with van der Waals surface area (Å²) in [6.45, 7) is 6.02. The number of thioether (sulfide) groups is 1. The van der Waals surface area contributed by atoms with E-state index in [1.54, 1.807) is 11.0 Å². The van der Waals surface area contributed by atoms with E-state index in [4.69, 9.17) is 9.41 Å². The fraction of sp³-hybridized carbons (Fsp3) is 0.167. The molecule has 1 saturated heterocycles. The topological polar surface area (TPSA) is 45.8 Å². The molecule has 0 saturated carbocycles. The van der Waals surface area contributed by atoms with Crippen LogP contribution in [0.1, 0.15) is 25.2 Å². The standard InChI is InChI=1S/C24H21BrN2O2S/c1-15(2)27-23(28)22(30-24(27)26-19-10-4-16(3)5-11-19)14-20-12-13-21(29-20)17-6-8-18(25)9-7-17/h4-15H,1-3H3/b22-14+,26-24?. The van der Waals surface area contributed by atoms with Gasteiger partial charge in [-0.3, -0.25) is 9.69 Å². The number of halogens is 1. The molecule has 0 aliphatic carbocycles. The predicted molar refractivity (Wildman–Crippen MR) is 128 cm³/mol. The highest BCUT2D eigenvalue weighted by molar-refractivity contribution is 9.10. The van der Waals surface area contributed by atoms with Crippen molar-refractivity contribution in [2.24, 2.45) is 4.99 Å². The molecular formula is C24H21BrN2O2S. The third kappa shape index (κ3) is 4.45. The van der Waals surface area contributed by atoms with Gasteiger partial charge in [0.15, 0.2) is 5.17 Å². The molecule has 0 atom stereocenters. The SMILES string of the molecule is Cc1ccc(N=C2S/C(=C/c3ccc(-c4ccc(Br)cc4)o3)C(=O)N2C(C)C)cc1. The molecular weight excluding hydrogens is 460 g/mol. The van der Waals surface area contributed by atoms with E-state index in [9.17, 15) is 4.79 Å². The van der Waals surface area contributed by atoms with Crippen molar-refractivity contribution in [3.63, 3.8) is 0 Å². The van der Waals surface area contributed by atoms with Crippen LogP contribution in [0.5, 0.6) is 0 Å². The van der Waals surface area contributed by atoms with Gasteiger partial charge in [0.25, 0.3) is 5.91 Å². The Labute approximate surface area is 188 Å². The lowest BCUT2D eigenvalue weighted by atomic mass is 10.2. The second-order valence-electron chi connectivity index (χ2n) is 7.32. The minimum Gasteiger partial charge on any atom is -0.457 e. The van der Waals surface area contributed by atoms with Crippen molar-refractivity contribution < 1.29 is 9.21 Å². The van der Waals surface area contributed by atoms with Gasteiger partial charge in [-0.15, -0.1) is 0 Å². The molecule has 0 bridgehead atoms. The molecule has 4 rings (SSSR count). The summed E-state index contributed by atoms with van der Waals surface area (Å²) in [5.74, 6) is 1.35. The lowest BCUT2D eigenvalue weighted by molar-refractivity contribution is -0.123. The van der Waals surface area contributed by atoms with Gasteiger partial charge in [0.1, 0.15) is 11.5 Å². The van der Waals surface area contributed by atoms with Gasteiger partial charge in [-0.2, -0.15) is 0 Å². The first-order chi connectivity index (χ1) is 14.4. The second kappa shape index (κ2) is 8.66. The first-order valence-corrected chi connectivity index (χ1v) is 11.3. The Kier molecular flexibility index (Phi) is 5.97. The van der Waals surface area contributed by atoms with Crippen LogP contribution in [0, 0.1) is 6.92 Å². The summed E-state index contributed by atoms with van der Waals surface area (Å²) in [7, 11) is 0. The zero-order valence-electron chi connectivity index (χ0n) is 16.9. The molecule has 1 fully saturated rings. The molecule has 0 N–H and O–H groups in total. The largest absolute Gasteiger partial charge is 0.457 e. The van der Waals surface area contributed by atoms with E-state index >= 15 is 0 Å². The fourth-order valence-corrected chi connectivity index (χ4v) is 4.44. The Morgan fingerprint density at radius 1 is 1.03 bits per heavy atom. The van der Waals surface area contributed by atoms with E-state index in [0.29, 0.717) is 15.8 Å². The van der Waals surface area contributed by atoms with E-state index in [-0.39, 0.29) is 11.9 Å². The van der Waals surface area contributed by atoms with Crippen LogP contribution >= 0.6 is 27.7 Å². The summed E-state index contributed by atoms with van der Waals surface area (Å²) in [5.41, 5.74) is 2.99. The lowest BCUT2D eigenvalue weighted by Crippen LogP contribution is -2.35. The first-order valence-electron chi connectivity index (χ1n) is 9.65. The summed E-state index contributed by atoms with van der Waals surface area (Å²) in [6.07, 6.45) is 1.79. The molecule has 1 aliphatic rings. The Balaban J connectivity index is 1.63. The highest BCUT2D eigenvalue weighted by atomic mass is 79.9. The molecule has 0 radical (unpaired) electrons. The number of aryl methyl sites for hydroxylation is 1. The van der Waals surface area contributed by atoms with Gasteiger partial charge in [0, 0.05) is 22.2 Å². The number of carbonyl (C=O) groups is 1. The number of amides is 1. The molecule has 2 aromatic carbocycles. The van der Waals surface area contributed by atoms with Crippen LogP contribution in [0.25, 0.3) is 17.4 Å². The third-order valence-electron chi connectivity index (χ3n) is 4.64. The molecule has 1 aromatic heterocycles. The van der Waals surface area contributed by atoms with Crippen molar-refractivity contribution >= 4 is 50.5 Å². The van der Waals surface area contributed by atoms with Gasteiger partial charge in [-0.05, 0) is 68.9 Å². The van der Waals surface area contributed by atoms with Crippen molar-refractivity contribution in [2.45, 2.75) is 26.8 Å². The predicted octanol–water partition coefficient (Wildman–Crippen LogP) is 7.03.